The van der Waals surface area contributed by atoms with E-state index < -0.39 is 0 Å². The summed E-state index contributed by atoms with van der Waals surface area (Å²) >= 11 is 0. The molecule has 0 N–H and O–H groups in total. The van der Waals surface area contributed by atoms with Crippen molar-refractivity contribution in [1.82, 2.24) is 0 Å². The van der Waals surface area contributed by atoms with Crippen molar-refractivity contribution < 1.29 is 0 Å². The zero-order valence-corrected chi connectivity index (χ0v) is 18.2. The van der Waals surface area contributed by atoms with E-state index in [9.17, 15) is 0 Å². The van der Waals surface area contributed by atoms with Crippen LogP contribution in [0.15, 0.2) is 65.7 Å². The molecule has 29 heavy (non-hydrogen) atoms. The molecule has 0 amide bonds. The molecular formula is C27H30N2. The van der Waals surface area contributed by atoms with Gasteiger partial charge in [0, 0.05) is 24.0 Å². The van der Waals surface area contributed by atoms with E-state index in [1.807, 2.05) is 6.21 Å². The van der Waals surface area contributed by atoms with Gasteiger partial charge in [-0.3, -0.25) is 4.99 Å². The zero-order chi connectivity index (χ0) is 20.6. The van der Waals surface area contributed by atoms with Crippen LogP contribution in [0.1, 0.15) is 50.8 Å². The highest BCUT2D eigenvalue weighted by Crippen LogP contribution is 2.40. The zero-order valence-electron chi connectivity index (χ0n) is 18.2. The number of aliphatic imine (C=N–C) groups is 1. The Hall–Kier alpha value is -2.87. The maximum absolute atomic E-state index is 4.79. The van der Waals surface area contributed by atoms with Gasteiger partial charge in [-0.25, -0.2) is 0 Å². The average molecular weight is 383 g/mol. The fourth-order valence-electron chi connectivity index (χ4n) is 4.42. The van der Waals surface area contributed by atoms with Crippen LogP contribution in [0.25, 0.3) is 16.3 Å². The molecule has 0 unspecified atom stereocenters. The first-order valence-corrected chi connectivity index (χ1v) is 10.5. The van der Waals surface area contributed by atoms with Crippen molar-refractivity contribution in [2.75, 3.05) is 11.4 Å². The van der Waals surface area contributed by atoms with Crippen molar-refractivity contribution in [2.24, 2.45) is 4.99 Å². The highest BCUT2D eigenvalue weighted by molar-refractivity contribution is 5.91. The standard InChI is InChI=1S/C27H30N2/c1-6-13-29-26-14-19(2)23(16-25(26)20(3)17-27(29,4)5)18-28-24-12-11-21-9-7-8-10-22(21)15-24/h7-12,14-18H,6,13H2,1-5H3. The number of benzene rings is 3. The van der Waals surface area contributed by atoms with Gasteiger partial charge in [0.25, 0.3) is 0 Å². The van der Waals surface area contributed by atoms with Crippen LogP contribution < -0.4 is 4.90 Å². The van der Waals surface area contributed by atoms with Gasteiger partial charge < -0.3 is 4.90 Å². The summed E-state index contributed by atoms with van der Waals surface area (Å²) in [6.45, 7) is 12.3. The van der Waals surface area contributed by atoms with Crippen LogP contribution in [-0.4, -0.2) is 18.3 Å². The van der Waals surface area contributed by atoms with Crippen LogP contribution in [0.4, 0.5) is 11.4 Å². The molecule has 0 aliphatic carbocycles. The van der Waals surface area contributed by atoms with Gasteiger partial charge in [0.1, 0.15) is 0 Å². The summed E-state index contributed by atoms with van der Waals surface area (Å²) in [5.41, 5.74) is 7.49. The average Bonchev–Trinajstić information content (AvgIpc) is 2.69. The minimum Gasteiger partial charge on any atom is -0.362 e. The molecular weight excluding hydrogens is 352 g/mol. The van der Waals surface area contributed by atoms with E-state index in [4.69, 9.17) is 4.99 Å². The lowest BCUT2D eigenvalue weighted by molar-refractivity contribution is 0.550. The van der Waals surface area contributed by atoms with E-state index in [-0.39, 0.29) is 5.54 Å². The Labute approximate surface area is 174 Å². The minimum atomic E-state index is 0.0419. The third-order valence-corrected chi connectivity index (χ3v) is 5.90. The number of fused-ring (bicyclic) bond motifs is 2. The maximum Gasteiger partial charge on any atom is 0.0636 e. The predicted molar refractivity (Wildman–Crippen MR) is 128 cm³/mol. The summed E-state index contributed by atoms with van der Waals surface area (Å²) in [5.74, 6) is 0. The number of allylic oxidation sites excluding steroid dienone is 1. The normalized spacial score (nSPS) is 15.6. The number of nitrogens with zero attached hydrogens (tertiary/aromatic N) is 2. The maximum atomic E-state index is 4.79. The van der Waals surface area contributed by atoms with Crippen LogP contribution >= 0.6 is 0 Å². The molecule has 0 aromatic heterocycles. The van der Waals surface area contributed by atoms with E-state index in [1.54, 1.807) is 0 Å². The van der Waals surface area contributed by atoms with Crippen LogP contribution in [0.2, 0.25) is 0 Å². The topological polar surface area (TPSA) is 15.6 Å². The summed E-state index contributed by atoms with van der Waals surface area (Å²) < 4.78 is 0. The second-order valence-electron chi connectivity index (χ2n) is 8.65. The molecule has 0 saturated carbocycles. The number of aryl methyl sites for hydroxylation is 1. The SMILES string of the molecule is CCCN1c2cc(C)c(C=Nc3ccc4ccccc4c3)cc2C(C)=CC1(C)C. The van der Waals surface area contributed by atoms with Crippen molar-refractivity contribution in [3.63, 3.8) is 0 Å². The molecule has 3 aromatic carbocycles. The lowest BCUT2D eigenvalue weighted by Crippen LogP contribution is -2.45. The van der Waals surface area contributed by atoms with Gasteiger partial charge >= 0.3 is 0 Å². The van der Waals surface area contributed by atoms with E-state index >= 15 is 0 Å². The summed E-state index contributed by atoms with van der Waals surface area (Å²) in [6.07, 6.45) is 5.54. The largest absolute Gasteiger partial charge is 0.362 e. The molecule has 0 fully saturated rings. The van der Waals surface area contributed by atoms with E-state index in [1.165, 1.54) is 38.7 Å². The van der Waals surface area contributed by atoms with Crippen molar-refractivity contribution in [3.05, 3.63) is 77.4 Å². The minimum absolute atomic E-state index is 0.0419. The molecule has 2 heteroatoms. The Morgan fingerprint density at radius 3 is 2.48 bits per heavy atom. The molecule has 4 rings (SSSR count). The third-order valence-electron chi connectivity index (χ3n) is 5.90. The summed E-state index contributed by atoms with van der Waals surface area (Å²) in [4.78, 5) is 7.32. The van der Waals surface area contributed by atoms with Crippen molar-refractivity contribution in [3.8, 4) is 0 Å². The van der Waals surface area contributed by atoms with Crippen molar-refractivity contribution in [2.45, 2.75) is 46.6 Å². The highest BCUT2D eigenvalue weighted by atomic mass is 15.2. The number of hydrogen-bond acceptors (Lipinski definition) is 2. The first kappa shape index (κ1) is 19.4. The van der Waals surface area contributed by atoms with Crippen LogP contribution in [0.5, 0.6) is 0 Å². The quantitative estimate of drug-likeness (QED) is 0.432. The molecule has 3 aromatic rings. The fraction of sp³-hybridized carbons (Fsp3) is 0.296. The summed E-state index contributed by atoms with van der Waals surface area (Å²) in [7, 11) is 0. The molecule has 1 aliphatic heterocycles. The Kier molecular flexibility index (Phi) is 5.04. The second kappa shape index (κ2) is 7.51. The molecule has 0 radical (unpaired) electrons. The van der Waals surface area contributed by atoms with Gasteiger partial charge in [0.15, 0.2) is 0 Å². The van der Waals surface area contributed by atoms with Gasteiger partial charge in [0.2, 0.25) is 0 Å². The Morgan fingerprint density at radius 1 is 0.966 bits per heavy atom. The van der Waals surface area contributed by atoms with Crippen LogP contribution in [-0.2, 0) is 0 Å². The number of rotatable bonds is 4. The smallest absolute Gasteiger partial charge is 0.0636 e. The molecule has 148 valence electrons. The molecule has 0 saturated heterocycles. The Morgan fingerprint density at radius 2 is 1.72 bits per heavy atom. The molecule has 2 nitrogen and oxygen atoms in total. The van der Waals surface area contributed by atoms with Crippen LogP contribution in [0.3, 0.4) is 0 Å². The summed E-state index contributed by atoms with van der Waals surface area (Å²) in [6, 6.07) is 19.4. The van der Waals surface area contributed by atoms with Crippen molar-refractivity contribution >= 4 is 33.9 Å². The molecule has 1 aliphatic rings. The number of hydrogen-bond donors (Lipinski definition) is 0. The van der Waals surface area contributed by atoms with Gasteiger partial charge in [-0.2, -0.15) is 0 Å². The molecule has 0 atom stereocenters. The predicted octanol–water partition coefficient (Wildman–Crippen LogP) is 7.31. The molecule has 0 spiro atoms. The van der Waals surface area contributed by atoms with Crippen molar-refractivity contribution in [1.29, 1.82) is 0 Å². The summed E-state index contributed by atoms with van der Waals surface area (Å²) in [5, 5.41) is 2.47. The monoisotopic (exact) mass is 382 g/mol. The van der Waals surface area contributed by atoms with Gasteiger partial charge in [0.05, 0.1) is 11.2 Å². The second-order valence-corrected chi connectivity index (χ2v) is 8.65. The third kappa shape index (κ3) is 3.72. The van der Waals surface area contributed by atoms with E-state index in [0.717, 1.165) is 18.7 Å². The molecule has 0 bridgehead atoms. The van der Waals surface area contributed by atoms with Crippen LogP contribution in [0, 0.1) is 6.92 Å². The first-order chi connectivity index (χ1) is 13.9. The first-order valence-electron chi connectivity index (χ1n) is 10.5. The Balaban J connectivity index is 1.72. The highest BCUT2D eigenvalue weighted by Gasteiger charge is 2.31. The Bertz CT molecular complexity index is 1120. The number of anilines is 1. The molecule has 1 heterocycles. The van der Waals surface area contributed by atoms with E-state index in [0.29, 0.717) is 0 Å². The van der Waals surface area contributed by atoms with E-state index in [2.05, 4.69) is 100 Å². The van der Waals surface area contributed by atoms with Gasteiger partial charge in [-0.05, 0) is 85.9 Å². The van der Waals surface area contributed by atoms with Gasteiger partial charge in [-0.1, -0.05) is 43.3 Å². The fourth-order valence-corrected chi connectivity index (χ4v) is 4.42. The lowest BCUT2D eigenvalue weighted by Gasteiger charge is -2.43. The lowest BCUT2D eigenvalue weighted by atomic mass is 9.87. The van der Waals surface area contributed by atoms with Gasteiger partial charge in [-0.15, -0.1) is 0 Å².